The summed E-state index contributed by atoms with van der Waals surface area (Å²) in [6, 6.07) is 0.0889. The second-order valence-corrected chi connectivity index (χ2v) is 11.9. The molecular weight excluding hydrogens is 550 g/mol. The van der Waals surface area contributed by atoms with E-state index in [0.717, 1.165) is 36.7 Å². The van der Waals surface area contributed by atoms with Gasteiger partial charge in [-0.25, -0.2) is 13.4 Å². The maximum Gasteiger partial charge on any atom is 0.404 e. The van der Waals surface area contributed by atoms with Crippen LogP contribution in [-0.4, -0.2) is 49.3 Å². The van der Waals surface area contributed by atoms with Gasteiger partial charge in [0.1, 0.15) is 10.9 Å². The lowest BCUT2D eigenvalue weighted by Crippen LogP contribution is -2.43. The second-order valence-electron chi connectivity index (χ2n) is 8.48. The first kappa shape index (κ1) is 28.1. The van der Waals surface area contributed by atoms with E-state index in [4.69, 9.17) is 23.2 Å². The summed E-state index contributed by atoms with van der Waals surface area (Å²) in [5.74, 6) is -0.102. The van der Waals surface area contributed by atoms with Crippen molar-refractivity contribution in [1.29, 1.82) is 0 Å². The molecule has 0 bridgehead atoms. The predicted molar refractivity (Wildman–Crippen MR) is 128 cm³/mol. The third-order valence-electron chi connectivity index (χ3n) is 5.56. The zero-order valence-corrected chi connectivity index (χ0v) is 21.9. The van der Waals surface area contributed by atoms with Gasteiger partial charge in [0.2, 0.25) is 10.0 Å². The highest BCUT2D eigenvalue weighted by molar-refractivity contribution is 7.89. The van der Waals surface area contributed by atoms with Crippen molar-refractivity contribution in [1.82, 2.24) is 15.0 Å². The van der Waals surface area contributed by atoms with E-state index in [2.05, 4.69) is 10.3 Å². The molecule has 1 aliphatic carbocycles. The standard InChI is InChI=1S/C21H24Cl2F3N3O4S2/c1-10(30)9-27-19(31)20-28-14(8-12-4-3-5-12)18(34-20)13-6-7-15(17(23)16(13)22)35(32,33)29-11(2)21(24,25)26/h6-7,10-12,29-30H,3-5,8-9H2,1-2H3,(H,27,31)/t10-,11+/m1/s1. The molecular formula is C21H24Cl2F3N3O4S2. The van der Waals surface area contributed by atoms with Crippen molar-refractivity contribution in [3.63, 3.8) is 0 Å². The summed E-state index contributed by atoms with van der Waals surface area (Å²) in [5.41, 5.74) is 0.917. The van der Waals surface area contributed by atoms with Crippen LogP contribution in [0.1, 0.15) is 48.6 Å². The van der Waals surface area contributed by atoms with Crippen molar-refractivity contribution in [2.75, 3.05) is 6.54 Å². The number of aromatic nitrogens is 1. The second kappa shape index (κ2) is 10.9. The number of sulfonamides is 1. The minimum atomic E-state index is -4.78. The van der Waals surface area contributed by atoms with E-state index in [1.165, 1.54) is 13.0 Å². The van der Waals surface area contributed by atoms with E-state index in [1.807, 2.05) is 0 Å². The Bertz CT molecular complexity index is 1200. The number of carbonyl (C=O) groups is 1. The van der Waals surface area contributed by atoms with Crippen molar-refractivity contribution in [2.45, 2.75) is 62.7 Å². The first-order valence-corrected chi connectivity index (χ1v) is 13.8. The van der Waals surface area contributed by atoms with Gasteiger partial charge in [-0.05, 0) is 32.3 Å². The molecule has 0 unspecified atom stereocenters. The topological polar surface area (TPSA) is 108 Å². The summed E-state index contributed by atoms with van der Waals surface area (Å²) in [5, 5.41) is 11.5. The lowest BCUT2D eigenvalue weighted by molar-refractivity contribution is -0.147. The monoisotopic (exact) mass is 573 g/mol. The molecule has 35 heavy (non-hydrogen) atoms. The summed E-state index contributed by atoms with van der Waals surface area (Å²) in [4.78, 5) is 16.9. The number of rotatable bonds is 9. The summed E-state index contributed by atoms with van der Waals surface area (Å²) in [6.45, 7) is 2.24. The van der Waals surface area contributed by atoms with Crippen LogP contribution >= 0.6 is 34.5 Å². The van der Waals surface area contributed by atoms with Gasteiger partial charge in [-0.2, -0.15) is 17.9 Å². The number of aliphatic hydroxyl groups is 1. The number of aliphatic hydroxyl groups excluding tert-OH is 1. The molecule has 14 heteroatoms. The fourth-order valence-electron chi connectivity index (χ4n) is 3.36. The van der Waals surface area contributed by atoms with Crippen LogP contribution in [0.2, 0.25) is 10.0 Å². The molecule has 1 aromatic carbocycles. The minimum absolute atomic E-state index is 0.0359. The van der Waals surface area contributed by atoms with Crippen LogP contribution in [0.5, 0.6) is 0 Å². The Kier molecular flexibility index (Phi) is 8.76. The molecule has 1 aliphatic rings. The number of nitrogens with one attached hydrogen (secondary N) is 2. The van der Waals surface area contributed by atoms with Crippen molar-refractivity contribution in [3.8, 4) is 10.4 Å². The normalized spacial score (nSPS) is 16.6. The summed E-state index contributed by atoms with van der Waals surface area (Å²) in [6.07, 6.45) is -1.84. The number of thiazole rings is 1. The van der Waals surface area contributed by atoms with Crippen molar-refractivity contribution < 1.29 is 31.5 Å². The molecule has 1 heterocycles. The lowest BCUT2D eigenvalue weighted by atomic mass is 9.82. The van der Waals surface area contributed by atoms with E-state index in [0.29, 0.717) is 35.4 Å². The summed E-state index contributed by atoms with van der Waals surface area (Å²) in [7, 11) is -4.63. The number of hydrogen-bond donors (Lipinski definition) is 3. The van der Waals surface area contributed by atoms with Crippen LogP contribution in [-0.2, 0) is 16.4 Å². The molecule has 1 saturated carbocycles. The molecule has 3 rings (SSSR count). The average Bonchev–Trinajstić information content (AvgIpc) is 3.13. The number of nitrogens with zero attached hydrogens (tertiary/aromatic N) is 1. The number of carbonyl (C=O) groups excluding carboxylic acids is 1. The SMILES string of the molecule is C[C@H](NS(=O)(=O)c1ccc(-c2sc(C(=O)NC[C@@H](C)O)nc2CC2CCC2)c(Cl)c1Cl)C(F)(F)F. The minimum Gasteiger partial charge on any atom is -0.392 e. The molecule has 1 amide bonds. The zero-order chi connectivity index (χ0) is 26.1. The molecule has 3 N–H and O–H groups in total. The van der Waals surface area contributed by atoms with E-state index in [1.54, 1.807) is 4.72 Å². The molecule has 2 atom stereocenters. The van der Waals surface area contributed by atoms with E-state index in [9.17, 15) is 31.5 Å². The van der Waals surface area contributed by atoms with E-state index < -0.39 is 44.2 Å². The van der Waals surface area contributed by atoms with Crippen molar-refractivity contribution in [2.24, 2.45) is 5.92 Å². The first-order valence-electron chi connectivity index (χ1n) is 10.7. The van der Waals surface area contributed by atoms with Gasteiger partial charge >= 0.3 is 6.18 Å². The van der Waals surface area contributed by atoms with E-state index >= 15 is 0 Å². The third kappa shape index (κ3) is 6.66. The lowest BCUT2D eigenvalue weighted by Gasteiger charge is -2.24. The molecule has 2 aromatic rings. The van der Waals surface area contributed by atoms with Gasteiger partial charge in [0.05, 0.1) is 26.7 Å². The maximum atomic E-state index is 12.9. The van der Waals surface area contributed by atoms with Gasteiger partial charge in [0.15, 0.2) is 5.01 Å². The van der Waals surface area contributed by atoms with Gasteiger partial charge in [-0.3, -0.25) is 4.79 Å². The van der Waals surface area contributed by atoms with Gasteiger partial charge in [-0.15, -0.1) is 11.3 Å². The van der Waals surface area contributed by atoms with Crippen LogP contribution in [0.4, 0.5) is 13.2 Å². The molecule has 0 aliphatic heterocycles. The van der Waals surface area contributed by atoms with Crippen molar-refractivity contribution >= 4 is 50.5 Å². The van der Waals surface area contributed by atoms with Crippen LogP contribution in [0, 0.1) is 5.92 Å². The Hall–Kier alpha value is -1.44. The fourth-order valence-corrected chi connectivity index (χ4v) is 6.55. The quantitative estimate of drug-likeness (QED) is 0.399. The number of alkyl halides is 3. The molecule has 194 valence electrons. The first-order chi connectivity index (χ1) is 16.2. The summed E-state index contributed by atoms with van der Waals surface area (Å²) < 4.78 is 65.3. The smallest absolute Gasteiger partial charge is 0.392 e. The Labute approximate surface area is 215 Å². The largest absolute Gasteiger partial charge is 0.404 e. The van der Waals surface area contributed by atoms with Crippen LogP contribution in [0.15, 0.2) is 17.0 Å². The van der Waals surface area contributed by atoms with Crippen LogP contribution in [0.25, 0.3) is 10.4 Å². The van der Waals surface area contributed by atoms with Gasteiger partial charge in [0.25, 0.3) is 5.91 Å². The van der Waals surface area contributed by atoms with Crippen LogP contribution < -0.4 is 10.0 Å². The van der Waals surface area contributed by atoms with Crippen LogP contribution in [0.3, 0.4) is 0 Å². The van der Waals surface area contributed by atoms with Gasteiger partial charge in [0, 0.05) is 12.1 Å². The summed E-state index contributed by atoms with van der Waals surface area (Å²) >= 11 is 13.7. The number of halogens is 5. The Morgan fingerprint density at radius 1 is 1.26 bits per heavy atom. The highest BCUT2D eigenvalue weighted by atomic mass is 35.5. The third-order valence-corrected chi connectivity index (χ3v) is 9.27. The molecule has 0 saturated heterocycles. The number of amides is 1. The maximum absolute atomic E-state index is 12.9. The highest BCUT2D eigenvalue weighted by Crippen LogP contribution is 2.43. The molecule has 0 spiro atoms. The average molecular weight is 574 g/mol. The Morgan fingerprint density at radius 3 is 2.46 bits per heavy atom. The highest BCUT2D eigenvalue weighted by Gasteiger charge is 2.39. The Morgan fingerprint density at radius 2 is 1.91 bits per heavy atom. The predicted octanol–water partition coefficient (Wildman–Crippen LogP) is 4.80. The molecule has 0 radical (unpaired) electrons. The fraction of sp³-hybridized carbons (Fsp3) is 0.524. The number of benzene rings is 1. The zero-order valence-electron chi connectivity index (χ0n) is 18.7. The molecule has 1 aromatic heterocycles. The molecule has 1 fully saturated rings. The Balaban J connectivity index is 1.99. The number of hydrogen-bond acceptors (Lipinski definition) is 6. The molecule has 7 nitrogen and oxygen atoms in total. The van der Waals surface area contributed by atoms with Gasteiger partial charge < -0.3 is 10.4 Å². The van der Waals surface area contributed by atoms with Gasteiger partial charge in [-0.1, -0.05) is 48.5 Å². The van der Waals surface area contributed by atoms with Crippen molar-refractivity contribution in [3.05, 3.63) is 32.9 Å². The van der Waals surface area contributed by atoms with E-state index in [-0.39, 0.29) is 16.6 Å².